The summed E-state index contributed by atoms with van der Waals surface area (Å²) in [6, 6.07) is 5.99. The van der Waals surface area contributed by atoms with E-state index in [1.807, 2.05) is 37.8 Å². The zero-order valence-electron chi connectivity index (χ0n) is 16.2. The van der Waals surface area contributed by atoms with Crippen molar-refractivity contribution in [3.63, 3.8) is 0 Å². The quantitative estimate of drug-likeness (QED) is 0.881. The van der Waals surface area contributed by atoms with Crippen molar-refractivity contribution in [2.45, 2.75) is 51.8 Å². The molecule has 2 heterocycles. The Morgan fingerprint density at radius 1 is 1.19 bits per heavy atom. The van der Waals surface area contributed by atoms with E-state index >= 15 is 0 Å². The number of carbonyl (C=O) groups is 2. The number of likely N-dealkylation sites (tertiary alicyclic amines) is 1. The number of hydrogen-bond acceptors (Lipinski definition) is 4. The minimum Gasteiger partial charge on any atom is -0.444 e. The molecule has 2 aliphatic rings. The Labute approximate surface area is 155 Å². The van der Waals surface area contributed by atoms with Crippen LogP contribution >= 0.6 is 0 Å². The van der Waals surface area contributed by atoms with Crippen molar-refractivity contribution in [1.29, 1.82) is 0 Å². The van der Waals surface area contributed by atoms with E-state index in [4.69, 9.17) is 4.74 Å². The van der Waals surface area contributed by atoms with Crippen LogP contribution in [0.15, 0.2) is 18.2 Å². The van der Waals surface area contributed by atoms with Gasteiger partial charge < -0.3 is 19.9 Å². The first-order chi connectivity index (χ1) is 12.2. The van der Waals surface area contributed by atoms with Gasteiger partial charge in [-0.05, 0) is 63.9 Å². The minimum atomic E-state index is -0.518. The Hall–Kier alpha value is -2.08. The van der Waals surface area contributed by atoms with Crippen LogP contribution in [0.5, 0.6) is 0 Å². The number of likely N-dealkylation sites (N-methyl/N-ethyl adjacent to an activating group) is 1. The van der Waals surface area contributed by atoms with Gasteiger partial charge in [0.15, 0.2) is 0 Å². The summed E-state index contributed by atoms with van der Waals surface area (Å²) in [6.45, 7) is 8.66. The fraction of sp³-hybridized carbons (Fsp3) is 0.600. The maximum atomic E-state index is 12.8. The molecule has 2 amide bonds. The van der Waals surface area contributed by atoms with E-state index < -0.39 is 11.7 Å². The van der Waals surface area contributed by atoms with E-state index in [-0.39, 0.29) is 11.9 Å². The third-order valence-corrected chi connectivity index (χ3v) is 4.85. The Bertz CT molecular complexity index is 696. The van der Waals surface area contributed by atoms with Crippen molar-refractivity contribution in [2.75, 3.05) is 26.7 Å². The van der Waals surface area contributed by atoms with E-state index in [0.29, 0.717) is 13.1 Å². The molecule has 1 aromatic rings. The van der Waals surface area contributed by atoms with Crippen LogP contribution in [0.4, 0.5) is 4.79 Å². The van der Waals surface area contributed by atoms with Crippen LogP contribution in [0, 0.1) is 0 Å². The van der Waals surface area contributed by atoms with Crippen LogP contribution in [-0.4, -0.2) is 60.1 Å². The molecular weight excluding hydrogens is 330 g/mol. The van der Waals surface area contributed by atoms with Gasteiger partial charge in [-0.15, -0.1) is 0 Å². The Morgan fingerprint density at radius 2 is 1.96 bits per heavy atom. The van der Waals surface area contributed by atoms with Crippen LogP contribution in [0.3, 0.4) is 0 Å². The molecule has 0 unspecified atom stereocenters. The highest BCUT2D eigenvalue weighted by Crippen LogP contribution is 2.21. The van der Waals surface area contributed by atoms with E-state index in [9.17, 15) is 9.59 Å². The lowest BCUT2D eigenvalue weighted by atomic mass is 9.97. The molecule has 1 fully saturated rings. The van der Waals surface area contributed by atoms with E-state index in [1.165, 1.54) is 11.1 Å². The first kappa shape index (κ1) is 18.7. The van der Waals surface area contributed by atoms with Gasteiger partial charge in [0.1, 0.15) is 5.60 Å². The molecule has 6 heteroatoms. The second-order valence-electron chi connectivity index (χ2n) is 8.35. The summed E-state index contributed by atoms with van der Waals surface area (Å²) in [5, 5.41) is 2.87. The van der Waals surface area contributed by atoms with Crippen LogP contribution in [0.25, 0.3) is 0 Å². The van der Waals surface area contributed by atoms with Crippen molar-refractivity contribution < 1.29 is 14.3 Å². The first-order valence-corrected chi connectivity index (χ1v) is 9.30. The summed E-state index contributed by atoms with van der Waals surface area (Å²) < 4.78 is 5.29. The van der Waals surface area contributed by atoms with E-state index in [2.05, 4.69) is 23.3 Å². The van der Waals surface area contributed by atoms with Gasteiger partial charge in [-0.3, -0.25) is 4.79 Å². The monoisotopic (exact) mass is 359 g/mol. The van der Waals surface area contributed by atoms with Gasteiger partial charge in [-0.1, -0.05) is 6.07 Å². The Kier molecular flexibility index (Phi) is 5.23. The smallest absolute Gasteiger partial charge is 0.407 e. The molecule has 1 saturated heterocycles. The van der Waals surface area contributed by atoms with Crippen molar-refractivity contribution in [2.24, 2.45) is 0 Å². The highest BCUT2D eigenvalue weighted by Gasteiger charge is 2.29. The molecule has 26 heavy (non-hydrogen) atoms. The molecular formula is C20H29N3O3. The average Bonchev–Trinajstić information content (AvgIpc) is 3.00. The van der Waals surface area contributed by atoms with Crippen molar-refractivity contribution in [3.05, 3.63) is 34.9 Å². The largest absolute Gasteiger partial charge is 0.444 e. The number of nitrogens with zero attached hydrogens (tertiary/aromatic N) is 2. The molecule has 142 valence electrons. The Balaban J connectivity index is 1.59. The van der Waals surface area contributed by atoms with Crippen molar-refractivity contribution in [1.82, 2.24) is 15.1 Å². The molecule has 1 aromatic carbocycles. The van der Waals surface area contributed by atoms with Crippen molar-refractivity contribution in [3.8, 4) is 0 Å². The normalized spacial score (nSPS) is 20.6. The third kappa shape index (κ3) is 4.55. The van der Waals surface area contributed by atoms with Gasteiger partial charge in [-0.2, -0.15) is 0 Å². The molecule has 1 N–H and O–H groups in total. The predicted molar refractivity (Wildman–Crippen MR) is 100 cm³/mol. The number of alkyl carbamates (subject to hydrolysis) is 1. The lowest BCUT2D eigenvalue weighted by molar-refractivity contribution is 0.0502. The summed E-state index contributed by atoms with van der Waals surface area (Å²) in [7, 11) is 2.12. The number of carbonyl (C=O) groups excluding carboxylic acids is 2. The molecule has 2 aliphatic heterocycles. The third-order valence-electron chi connectivity index (χ3n) is 4.85. The maximum Gasteiger partial charge on any atom is 0.407 e. The van der Waals surface area contributed by atoms with Gasteiger partial charge >= 0.3 is 6.09 Å². The molecule has 0 radical (unpaired) electrons. The molecule has 6 nitrogen and oxygen atoms in total. The van der Waals surface area contributed by atoms with Crippen LogP contribution in [0.1, 0.15) is 48.7 Å². The fourth-order valence-electron chi connectivity index (χ4n) is 3.55. The van der Waals surface area contributed by atoms with Gasteiger partial charge in [0.25, 0.3) is 5.91 Å². The molecule has 3 rings (SSSR count). The molecule has 0 spiro atoms. The molecule has 0 saturated carbocycles. The number of nitrogens with one attached hydrogen (secondary N) is 1. The van der Waals surface area contributed by atoms with Gasteiger partial charge in [0, 0.05) is 31.7 Å². The average molecular weight is 359 g/mol. The zero-order chi connectivity index (χ0) is 18.9. The minimum absolute atomic E-state index is 0.0419. The van der Waals surface area contributed by atoms with Crippen LogP contribution in [-0.2, 0) is 17.7 Å². The van der Waals surface area contributed by atoms with E-state index in [0.717, 1.165) is 31.5 Å². The molecule has 0 aromatic heterocycles. The molecule has 0 bridgehead atoms. The van der Waals surface area contributed by atoms with E-state index in [1.54, 1.807) is 0 Å². The molecule has 1 atom stereocenters. The van der Waals surface area contributed by atoms with Crippen LogP contribution in [0.2, 0.25) is 0 Å². The lowest BCUT2D eigenvalue weighted by Gasteiger charge is -2.26. The lowest BCUT2D eigenvalue weighted by Crippen LogP contribution is -2.41. The highest BCUT2D eigenvalue weighted by molar-refractivity contribution is 5.94. The fourth-order valence-corrected chi connectivity index (χ4v) is 3.55. The van der Waals surface area contributed by atoms with Gasteiger partial charge in [0.2, 0.25) is 0 Å². The topological polar surface area (TPSA) is 61.9 Å². The first-order valence-electron chi connectivity index (χ1n) is 9.30. The number of ether oxygens (including phenoxy) is 1. The number of amides is 2. The summed E-state index contributed by atoms with van der Waals surface area (Å²) in [5.74, 6) is 0.0419. The summed E-state index contributed by atoms with van der Waals surface area (Å²) in [4.78, 5) is 28.8. The van der Waals surface area contributed by atoms with Crippen LogP contribution < -0.4 is 5.32 Å². The predicted octanol–water partition coefficient (Wildman–Crippen LogP) is 2.41. The van der Waals surface area contributed by atoms with Crippen molar-refractivity contribution >= 4 is 12.0 Å². The van der Waals surface area contributed by atoms with Gasteiger partial charge in [0.05, 0.1) is 6.04 Å². The number of rotatable bonds is 2. The number of hydrogen-bond donors (Lipinski definition) is 1. The second kappa shape index (κ2) is 7.27. The van der Waals surface area contributed by atoms with Gasteiger partial charge in [-0.25, -0.2) is 4.79 Å². The standard InChI is InChI=1S/C20H29N3O3/c1-20(2,3)26-19(25)21-17-8-10-23(13-17)18(24)15-5-6-16-12-22(4)9-7-14(16)11-15/h5-6,11,17H,7-10,12-13H2,1-4H3,(H,21,25)/t17-/m1/s1. The summed E-state index contributed by atoms with van der Waals surface area (Å²) >= 11 is 0. The Morgan fingerprint density at radius 3 is 2.69 bits per heavy atom. The second-order valence-corrected chi connectivity index (χ2v) is 8.35. The highest BCUT2D eigenvalue weighted by atomic mass is 16.6. The summed E-state index contributed by atoms with van der Waals surface area (Å²) in [6.07, 6.45) is 1.31. The number of fused-ring (bicyclic) bond motifs is 1. The molecule has 0 aliphatic carbocycles. The maximum absolute atomic E-state index is 12.8. The summed E-state index contributed by atoms with van der Waals surface area (Å²) in [5.41, 5.74) is 2.80. The zero-order valence-corrected chi connectivity index (χ0v) is 16.2. The number of benzene rings is 1. The SMILES string of the molecule is CN1CCc2cc(C(=O)N3CC[C@@H](NC(=O)OC(C)(C)C)C3)ccc2C1.